The first-order chi connectivity index (χ1) is 19.1. The third-order valence-corrected chi connectivity index (χ3v) is 10.6. The standard InChI is InChI=1S/C33H43N5O/c1-24-35-29-10-5-6-12-31(29)38(24)28-22-26-13-14-27(23-28)37(26)21-17-33(25-8-3-2-4-9-25)15-19-36(20-16-33)32(39)30-11-7-18-34-30/h2-6,8-10,12,26-28,30,34H,7,11,13-23H2,1H3/t26-,27+,28?,30?. The molecule has 0 radical (unpaired) electrons. The molecule has 2 bridgehead atoms. The number of amides is 1. The molecule has 3 aromatic rings. The molecule has 4 fully saturated rings. The summed E-state index contributed by atoms with van der Waals surface area (Å²) in [5.74, 6) is 1.49. The molecule has 1 N–H and O–H groups in total. The molecule has 4 aliphatic rings. The maximum Gasteiger partial charge on any atom is 0.239 e. The highest BCUT2D eigenvalue weighted by atomic mass is 16.2. The number of likely N-dealkylation sites (tertiary alicyclic amines) is 1. The summed E-state index contributed by atoms with van der Waals surface area (Å²) in [5, 5.41) is 3.41. The molecule has 1 aromatic heterocycles. The van der Waals surface area contributed by atoms with Gasteiger partial charge < -0.3 is 14.8 Å². The number of imidazole rings is 1. The van der Waals surface area contributed by atoms with Crippen molar-refractivity contribution in [3.8, 4) is 0 Å². The van der Waals surface area contributed by atoms with Crippen LogP contribution in [0.25, 0.3) is 11.0 Å². The van der Waals surface area contributed by atoms with Gasteiger partial charge in [0, 0.05) is 31.2 Å². The van der Waals surface area contributed by atoms with E-state index in [1.54, 1.807) is 0 Å². The van der Waals surface area contributed by atoms with Gasteiger partial charge in [0.25, 0.3) is 0 Å². The maximum absolute atomic E-state index is 13.1. The van der Waals surface area contributed by atoms with E-state index in [2.05, 4.69) is 81.2 Å². The molecule has 5 heterocycles. The number of hydrogen-bond donors (Lipinski definition) is 1. The zero-order chi connectivity index (χ0) is 26.4. The fourth-order valence-corrected chi connectivity index (χ4v) is 8.54. The van der Waals surface area contributed by atoms with Crippen LogP contribution >= 0.6 is 0 Å². The lowest BCUT2D eigenvalue weighted by atomic mass is 9.70. The monoisotopic (exact) mass is 525 g/mol. The summed E-state index contributed by atoms with van der Waals surface area (Å²) < 4.78 is 2.54. The zero-order valence-corrected chi connectivity index (χ0v) is 23.4. The van der Waals surface area contributed by atoms with Crippen LogP contribution in [0.1, 0.15) is 75.2 Å². The van der Waals surface area contributed by atoms with Gasteiger partial charge in [-0.05, 0) is 101 Å². The molecule has 4 aliphatic heterocycles. The minimum atomic E-state index is 0.0439. The maximum atomic E-state index is 13.1. The van der Waals surface area contributed by atoms with E-state index >= 15 is 0 Å². The second-order valence-corrected chi connectivity index (χ2v) is 12.6. The Bertz CT molecular complexity index is 1290. The molecule has 206 valence electrons. The van der Waals surface area contributed by atoms with E-state index in [0.29, 0.717) is 24.0 Å². The molecule has 0 spiro atoms. The Morgan fingerprint density at radius 3 is 2.38 bits per heavy atom. The minimum Gasteiger partial charge on any atom is -0.341 e. The van der Waals surface area contributed by atoms with Gasteiger partial charge in [-0.2, -0.15) is 0 Å². The van der Waals surface area contributed by atoms with Crippen LogP contribution in [0.15, 0.2) is 54.6 Å². The van der Waals surface area contributed by atoms with Crippen molar-refractivity contribution in [2.45, 2.75) is 94.3 Å². The van der Waals surface area contributed by atoms with Crippen LogP contribution in [0, 0.1) is 6.92 Å². The number of rotatable bonds is 6. The van der Waals surface area contributed by atoms with Crippen LogP contribution in [-0.2, 0) is 10.2 Å². The Kier molecular flexibility index (Phi) is 6.72. The van der Waals surface area contributed by atoms with Gasteiger partial charge in [-0.3, -0.25) is 9.69 Å². The summed E-state index contributed by atoms with van der Waals surface area (Å²) in [6, 6.07) is 21.8. The van der Waals surface area contributed by atoms with Gasteiger partial charge >= 0.3 is 0 Å². The molecule has 2 unspecified atom stereocenters. The van der Waals surface area contributed by atoms with Crippen molar-refractivity contribution in [2.75, 3.05) is 26.2 Å². The second kappa shape index (κ2) is 10.4. The lowest BCUT2D eigenvalue weighted by Gasteiger charge is -2.46. The third kappa shape index (κ3) is 4.59. The molecular weight excluding hydrogens is 482 g/mol. The van der Waals surface area contributed by atoms with Gasteiger partial charge in [0.15, 0.2) is 0 Å². The Hall–Kier alpha value is -2.70. The highest BCUT2D eigenvalue weighted by Crippen LogP contribution is 2.45. The predicted molar refractivity (Wildman–Crippen MR) is 156 cm³/mol. The van der Waals surface area contributed by atoms with E-state index in [-0.39, 0.29) is 11.5 Å². The topological polar surface area (TPSA) is 53.4 Å². The minimum absolute atomic E-state index is 0.0439. The van der Waals surface area contributed by atoms with Gasteiger partial charge in [-0.25, -0.2) is 4.98 Å². The number of benzene rings is 2. The van der Waals surface area contributed by atoms with Crippen LogP contribution < -0.4 is 5.32 Å². The molecule has 2 aromatic carbocycles. The molecule has 1 amide bonds. The quantitative estimate of drug-likeness (QED) is 0.480. The highest BCUT2D eigenvalue weighted by molar-refractivity contribution is 5.82. The number of carbonyl (C=O) groups is 1. The average molecular weight is 526 g/mol. The van der Waals surface area contributed by atoms with Crippen molar-refractivity contribution in [2.24, 2.45) is 0 Å². The summed E-state index contributed by atoms with van der Waals surface area (Å²) in [6.07, 6.45) is 10.5. The van der Waals surface area contributed by atoms with Crippen LogP contribution in [-0.4, -0.2) is 69.6 Å². The van der Waals surface area contributed by atoms with Crippen molar-refractivity contribution in [1.29, 1.82) is 0 Å². The number of para-hydroxylation sites is 2. The van der Waals surface area contributed by atoms with Gasteiger partial charge in [0.2, 0.25) is 5.91 Å². The molecular formula is C33H43N5O. The van der Waals surface area contributed by atoms with Gasteiger partial charge in [-0.1, -0.05) is 42.5 Å². The fraction of sp³-hybridized carbons (Fsp3) is 0.576. The number of aromatic nitrogens is 2. The summed E-state index contributed by atoms with van der Waals surface area (Å²) >= 11 is 0. The van der Waals surface area contributed by atoms with E-state index in [0.717, 1.165) is 56.7 Å². The van der Waals surface area contributed by atoms with Crippen LogP contribution in [0.2, 0.25) is 0 Å². The second-order valence-electron chi connectivity index (χ2n) is 12.6. The summed E-state index contributed by atoms with van der Waals surface area (Å²) in [4.78, 5) is 23.0. The first-order valence-corrected chi connectivity index (χ1v) is 15.4. The van der Waals surface area contributed by atoms with Crippen LogP contribution in [0.3, 0.4) is 0 Å². The summed E-state index contributed by atoms with van der Waals surface area (Å²) in [5.41, 5.74) is 4.06. The molecule has 39 heavy (non-hydrogen) atoms. The summed E-state index contributed by atoms with van der Waals surface area (Å²) in [7, 11) is 0. The van der Waals surface area contributed by atoms with Gasteiger partial charge in [0.05, 0.1) is 17.1 Å². The molecule has 4 atom stereocenters. The molecule has 0 aliphatic carbocycles. The Balaban J connectivity index is 1.06. The van der Waals surface area contributed by atoms with E-state index < -0.39 is 0 Å². The fourth-order valence-electron chi connectivity index (χ4n) is 8.54. The van der Waals surface area contributed by atoms with Gasteiger partial charge in [0.1, 0.15) is 5.82 Å². The van der Waals surface area contributed by atoms with Crippen molar-refractivity contribution in [3.63, 3.8) is 0 Å². The normalized spacial score (nSPS) is 28.8. The zero-order valence-electron chi connectivity index (χ0n) is 23.4. The van der Waals surface area contributed by atoms with Crippen molar-refractivity contribution >= 4 is 16.9 Å². The Labute approximate surface area is 232 Å². The molecule has 0 saturated carbocycles. The average Bonchev–Trinajstić information content (AvgIpc) is 3.68. The number of hydrogen-bond acceptors (Lipinski definition) is 4. The van der Waals surface area contributed by atoms with Crippen LogP contribution in [0.4, 0.5) is 0 Å². The van der Waals surface area contributed by atoms with Crippen LogP contribution in [0.5, 0.6) is 0 Å². The SMILES string of the molecule is Cc1nc2ccccc2n1C1C[C@H]2CC[C@@H](C1)N2CCC1(c2ccccc2)CCN(C(=O)C2CCCN2)CC1. The lowest BCUT2D eigenvalue weighted by Crippen LogP contribution is -2.51. The number of nitrogens with zero attached hydrogens (tertiary/aromatic N) is 4. The largest absolute Gasteiger partial charge is 0.341 e. The number of piperidine rings is 2. The molecule has 6 nitrogen and oxygen atoms in total. The van der Waals surface area contributed by atoms with E-state index in [1.165, 1.54) is 49.7 Å². The van der Waals surface area contributed by atoms with E-state index in [1.807, 2.05) is 0 Å². The Morgan fingerprint density at radius 1 is 0.949 bits per heavy atom. The number of aryl methyl sites for hydroxylation is 1. The highest BCUT2D eigenvalue weighted by Gasteiger charge is 2.44. The third-order valence-electron chi connectivity index (χ3n) is 10.6. The first-order valence-electron chi connectivity index (χ1n) is 15.4. The van der Waals surface area contributed by atoms with Crippen molar-refractivity contribution in [3.05, 3.63) is 66.0 Å². The van der Waals surface area contributed by atoms with Gasteiger partial charge in [-0.15, -0.1) is 0 Å². The van der Waals surface area contributed by atoms with E-state index in [4.69, 9.17) is 4.98 Å². The number of nitrogens with one attached hydrogen (secondary N) is 1. The molecule has 7 rings (SSSR count). The smallest absolute Gasteiger partial charge is 0.239 e. The summed E-state index contributed by atoms with van der Waals surface area (Å²) in [6.45, 7) is 6.09. The molecule has 4 saturated heterocycles. The van der Waals surface area contributed by atoms with E-state index in [9.17, 15) is 4.79 Å². The number of carbonyl (C=O) groups excluding carboxylic acids is 1. The Morgan fingerprint density at radius 2 is 1.67 bits per heavy atom. The predicted octanol–water partition coefficient (Wildman–Crippen LogP) is 5.22. The first kappa shape index (κ1) is 25.3. The molecule has 6 heteroatoms. The van der Waals surface area contributed by atoms with Crippen molar-refractivity contribution < 1.29 is 4.79 Å². The number of fused-ring (bicyclic) bond motifs is 3. The lowest BCUT2D eigenvalue weighted by molar-refractivity contribution is -0.134. The van der Waals surface area contributed by atoms with Crippen molar-refractivity contribution in [1.82, 2.24) is 24.7 Å².